The smallest absolute Gasteiger partial charge is 0.409 e. The van der Waals surface area contributed by atoms with Crippen molar-refractivity contribution < 1.29 is 19.1 Å². The Morgan fingerprint density at radius 1 is 1.03 bits per heavy atom. The highest BCUT2D eigenvalue weighted by Gasteiger charge is 2.38. The Hall–Kier alpha value is -2.42. The van der Waals surface area contributed by atoms with Gasteiger partial charge in [0, 0.05) is 47.5 Å². The molecular weight excluding hydrogens is 480 g/mol. The van der Waals surface area contributed by atoms with Crippen LogP contribution >= 0.6 is 23.5 Å². The van der Waals surface area contributed by atoms with Gasteiger partial charge in [-0.05, 0) is 49.4 Å². The Bertz CT molecular complexity index is 1050. The molecular formula is C27H32N2O4S2. The number of ketones is 1. The van der Waals surface area contributed by atoms with E-state index in [2.05, 4.69) is 17.0 Å². The average Bonchev–Trinajstić information content (AvgIpc) is 2.92. The van der Waals surface area contributed by atoms with Gasteiger partial charge in [0.05, 0.1) is 19.1 Å². The Balaban J connectivity index is 1.61. The molecule has 2 heterocycles. The van der Waals surface area contributed by atoms with Gasteiger partial charge in [0.25, 0.3) is 0 Å². The summed E-state index contributed by atoms with van der Waals surface area (Å²) >= 11 is 3.43. The van der Waals surface area contributed by atoms with Crippen molar-refractivity contribution in [3.05, 3.63) is 75.5 Å². The number of methoxy groups -OCH3 is 1. The maximum atomic E-state index is 13.8. The minimum Gasteiger partial charge on any atom is -0.497 e. The third-order valence-corrected chi connectivity index (χ3v) is 9.06. The van der Waals surface area contributed by atoms with Gasteiger partial charge in [-0.1, -0.05) is 42.1 Å². The van der Waals surface area contributed by atoms with Crippen LogP contribution in [0.1, 0.15) is 35.2 Å². The van der Waals surface area contributed by atoms with Gasteiger partial charge < -0.3 is 14.4 Å². The van der Waals surface area contributed by atoms with Gasteiger partial charge in [-0.15, -0.1) is 11.8 Å². The van der Waals surface area contributed by atoms with Crippen molar-refractivity contribution in [3.63, 3.8) is 0 Å². The highest BCUT2D eigenvalue weighted by atomic mass is 32.2. The predicted octanol–water partition coefficient (Wildman–Crippen LogP) is 5.47. The van der Waals surface area contributed by atoms with Crippen LogP contribution in [0, 0.1) is 0 Å². The van der Waals surface area contributed by atoms with E-state index in [0.717, 1.165) is 40.6 Å². The summed E-state index contributed by atoms with van der Waals surface area (Å²) < 4.78 is 11.5. The summed E-state index contributed by atoms with van der Waals surface area (Å²) in [6, 6.07) is 17.7. The van der Waals surface area contributed by atoms with Gasteiger partial charge in [0.2, 0.25) is 0 Å². The molecule has 186 valence electrons. The average molecular weight is 513 g/mol. The Kier molecular flexibility index (Phi) is 8.81. The van der Waals surface area contributed by atoms with Crippen LogP contribution in [0.4, 0.5) is 4.79 Å². The number of benzene rings is 2. The summed E-state index contributed by atoms with van der Waals surface area (Å²) in [7, 11) is 1.63. The molecule has 0 spiro atoms. The molecule has 0 saturated carbocycles. The minimum atomic E-state index is -0.234. The van der Waals surface area contributed by atoms with E-state index < -0.39 is 0 Å². The second kappa shape index (κ2) is 12.0. The molecule has 0 aliphatic carbocycles. The Morgan fingerprint density at radius 2 is 1.71 bits per heavy atom. The van der Waals surface area contributed by atoms with Crippen LogP contribution in [0.15, 0.2) is 64.4 Å². The molecule has 2 aliphatic heterocycles. The van der Waals surface area contributed by atoms with Gasteiger partial charge in [-0.3, -0.25) is 9.69 Å². The fourth-order valence-corrected chi connectivity index (χ4v) is 7.05. The quantitative estimate of drug-likeness (QED) is 0.456. The van der Waals surface area contributed by atoms with Crippen LogP contribution in [-0.4, -0.2) is 73.2 Å². The second-order valence-corrected chi connectivity index (χ2v) is 10.7. The molecule has 0 aromatic heterocycles. The largest absolute Gasteiger partial charge is 0.497 e. The molecule has 2 aromatic carbocycles. The maximum absolute atomic E-state index is 13.8. The van der Waals surface area contributed by atoms with Gasteiger partial charge in [0.15, 0.2) is 5.78 Å². The lowest BCUT2D eigenvalue weighted by molar-refractivity contribution is 0.0752. The monoisotopic (exact) mass is 512 g/mol. The SMILES string of the molecule is CCOC(=O)N1CCN(C2CC(c3ccccc3)C(C(=O)c3ccc(OC)cc3)=C(SC)S2)CC1. The first-order valence-corrected chi connectivity index (χ1v) is 14.0. The number of allylic oxidation sites excluding steroid dienone is 1. The maximum Gasteiger partial charge on any atom is 0.409 e. The van der Waals surface area contributed by atoms with E-state index >= 15 is 0 Å². The summed E-state index contributed by atoms with van der Waals surface area (Å²) in [5.74, 6) is 0.812. The molecule has 2 aliphatic rings. The number of carbonyl (C=O) groups is 2. The van der Waals surface area contributed by atoms with Crippen LogP contribution in [0.3, 0.4) is 0 Å². The molecule has 0 N–H and O–H groups in total. The highest BCUT2D eigenvalue weighted by molar-refractivity contribution is 8.22. The molecule has 0 bridgehead atoms. The van der Waals surface area contributed by atoms with Crippen LogP contribution in [0.25, 0.3) is 0 Å². The van der Waals surface area contributed by atoms with E-state index in [-0.39, 0.29) is 23.2 Å². The standard InChI is InChI=1S/C27H32N2O4S2/c1-4-33-27(31)29-16-14-28(15-17-29)23-18-22(19-8-6-5-7-9-19)24(26(34-3)35-23)25(30)20-10-12-21(32-2)13-11-20/h5-13,22-23H,4,14-18H2,1-3H3. The van der Waals surface area contributed by atoms with Crippen molar-refractivity contribution in [1.82, 2.24) is 9.80 Å². The van der Waals surface area contributed by atoms with Crippen molar-refractivity contribution in [3.8, 4) is 5.75 Å². The zero-order valence-corrected chi connectivity index (χ0v) is 22.1. The third kappa shape index (κ3) is 5.88. The van der Waals surface area contributed by atoms with Crippen molar-refractivity contribution in [2.75, 3.05) is 46.2 Å². The number of hydrogen-bond donors (Lipinski definition) is 0. The van der Waals surface area contributed by atoms with Crippen molar-refractivity contribution in [1.29, 1.82) is 0 Å². The molecule has 35 heavy (non-hydrogen) atoms. The summed E-state index contributed by atoms with van der Waals surface area (Å²) in [4.78, 5) is 30.2. The van der Waals surface area contributed by atoms with E-state index in [1.165, 1.54) is 0 Å². The number of ether oxygens (including phenoxy) is 2. The van der Waals surface area contributed by atoms with E-state index in [1.54, 1.807) is 35.5 Å². The number of hydrogen-bond acceptors (Lipinski definition) is 7. The Labute approximate surface area is 216 Å². The van der Waals surface area contributed by atoms with Crippen molar-refractivity contribution in [2.45, 2.75) is 24.6 Å². The minimum absolute atomic E-state index is 0.00240. The molecule has 1 saturated heterocycles. The normalized spacial score (nSPS) is 21.1. The van der Waals surface area contributed by atoms with Crippen LogP contribution in [0.2, 0.25) is 0 Å². The first-order valence-electron chi connectivity index (χ1n) is 11.9. The second-order valence-electron chi connectivity index (χ2n) is 8.46. The Morgan fingerprint density at radius 3 is 2.31 bits per heavy atom. The van der Waals surface area contributed by atoms with Crippen LogP contribution < -0.4 is 4.74 Å². The van der Waals surface area contributed by atoms with E-state index in [0.29, 0.717) is 25.3 Å². The third-order valence-electron chi connectivity index (χ3n) is 6.48. The molecule has 2 aromatic rings. The molecule has 1 amide bonds. The number of carbonyl (C=O) groups excluding carboxylic acids is 2. The summed E-state index contributed by atoms with van der Waals surface area (Å²) in [5, 5.41) is 0.236. The van der Waals surface area contributed by atoms with Crippen LogP contribution in [0.5, 0.6) is 5.75 Å². The van der Waals surface area contributed by atoms with Gasteiger partial charge in [0.1, 0.15) is 5.75 Å². The summed E-state index contributed by atoms with van der Waals surface area (Å²) in [6.45, 7) is 5.12. The van der Waals surface area contributed by atoms with Crippen LogP contribution in [-0.2, 0) is 4.74 Å². The fraction of sp³-hybridized carbons (Fsp3) is 0.407. The summed E-state index contributed by atoms with van der Waals surface area (Å²) in [6.07, 6.45) is 2.66. The zero-order valence-electron chi connectivity index (χ0n) is 20.4. The predicted molar refractivity (Wildman–Crippen MR) is 143 cm³/mol. The first-order chi connectivity index (χ1) is 17.0. The lowest BCUT2D eigenvalue weighted by atomic mass is 9.84. The lowest BCUT2D eigenvalue weighted by Crippen LogP contribution is -2.52. The van der Waals surface area contributed by atoms with Crippen molar-refractivity contribution in [2.24, 2.45) is 0 Å². The highest BCUT2D eigenvalue weighted by Crippen LogP contribution is 2.49. The molecule has 1 fully saturated rings. The van der Waals surface area contributed by atoms with Gasteiger partial charge in [-0.2, -0.15) is 0 Å². The van der Waals surface area contributed by atoms with Gasteiger partial charge in [-0.25, -0.2) is 4.79 Å². The molecule has 8 heteroatoms. The number of amides is 1. The van der Waals surface area contributed by atoms with Crippen molar-refractivity contribution >= 4 is 35.4 Å². The number of nitrogens with zero attached hydrogens (tertiary/aromatic N) is 2. The molecule has 2 unspecified atom stereocenters. The fourth-order valence-electron chi connectivity index (χ4n) is 4.62. The number of thioether (sulfide) groups is 2. The first kappa shape index (κ1) is 25.7. The molecule has 6 nitrogen and oxygen atoms in total. The van der Waals surface area contributed by atoms with Gasteiger partial charge >= 0.3 is 6.09 Å². The van der Waals surface area contributed by atoms with E-state index in [4.69, 9.17) is 9.47 Å². The summed E-state index contributed by atoms with van der Waals surface area (Å²) in [5.41, 5.74) is 2.71. The number of rotatable bonds is 7. The number of piperazine rings is 1. The number of Topliss-reactive ketones (excluding diaryl/α,β-unsaturated/α-hetero) is 1. The topological polar surface area (TPSA) is 59.1 Å². The molecule has 2 atom stereocenters. The van der Waals surface area contributed by atoms with E-state index in [1.807, 2.05) is 55.6 Å². The zero-order chi connectivity index (χ0) is 24.8. The molecule has 0 radical (unpaired) electrons. The molecule has 4 rings (SSSR count). The lowest BCUT2D eigenvalue weighted by Gasteiger charge is -2.42. The van der Waals surface area contributed by atoms with E-state index in [9.17, 15) is 9.59 Å².